The highest BCUT2D eigenvalue weighted by Gasteiger charge is 2.24. The molecule has 2 aliphatic heterocycles. The fourth-order valence-corrected chi connectivity index (χ4v) is 4.21. The van der Waals surface area contributed by atoms with Gasteiger partial charge < -0.3 is 19.5 Å². The van der Waals surface area contributed by atoms with Crippen molar-refractivity contribution in [2.24, 2.45) is 0 Å². The van der Waals surface area contributed by atoms with Crippen molar-refractivity contribution in [2.45, 2.75) is 18.8 Å². The summed E-state index contributed by atoms with van der Waals surface area (Å²) in [6, 6.07) is 6.31. The first-order chi connectivity index (χ1) is 13.4. The maximum atomic E-state index is 5.44. The minimum absolute atomic E-state index is 0.569. The minimum Gasteiger partial charge on any atom is -0.378 e. The first kappa shape index (κ1) is 16.5. The quantitative estimate of drug-likeness (QED) is 0.770. The number of rotatable bonds is 3. The third-order valence-electron chi connectivity index (χ3n) is 5.72. The van der Waals surface area contributed by atoms with E-state index in [1.807, 2.05) is 12.3 Å². The molecule has 0 bridgehead atoms. The normalized spacial score (nSPS) is 19.0. The number of hydrogen-bond acceptors (Lipinski definition) is 6. The van der Waals surface area contributed by atoms with Crippen molar-refractivity contribution in [2.75, 3.05) is 49.2 Å². The summed E-state index contributed by atoms with van der Waals surface area (Å²) in [6.45, 7) is 5.35. The molecular weight excluding hydrogens is 340 g/mol. The maximum absolute atomic E-state index is 5.44. The maximum Gasteiger partial charge on any atom is 0.137 e. The molecule has 27 heavy (non-hydrogen) atoms. The summed E-state index contributed by atoms with van der Waals surface area (Å²) in [5, 5.41) is 1.26. The van der Waals surface area contributed by atoms with E-state index in [1.165, 1.54) is 10.9 Å². The summed E-state index contributed by atoms with van der Waals surface area (Å²) >= 11 is 0. The lowest BCUT2D eigenvalue weighted by Gasteiger charge is -2.33. The number of aromatic nitrogens is 4. The number of morpholine rings is 1. The molecule has 0 radical (unpaired) electrons. The summed E-state index contributed by atoms with van der Waals surface area (Å²) < 4.78 is 5.44. The predicted octanol–water partition coefficient (Wildman–Crippen LogP) is 2.57. The van der Waals surface area contributed by atoms with Crippen molar-refractivity contribution < 1.29 is 4.74 Å². The van der Waals surface area contributed by atoms with Gasteiger partial charge in [0.05, 0.1) is 13.2 Å². The number of pyridine rings is 1. The van der Waals surface area contributed by atoms with E-state index in [0.29, 0.717) is 5.92 Å². The highest BCUT2D eigenvalue weighted by molar-refractivity contribution is 5.80. The first-order valence-electron chi connectivity index (χ1n) is 9.70. The van der Waals surface area contributed by atoms with Gasteiger partial charge in [0.15, 0.2) is 0 Å². The molecule has 3 aromatic rings. The van der Waals surface area contributed by atoms with Crippen LogP contribution in [0.15, 0.2) is 36.9 Å². The molecule has 1 N–H and O–H groups in total. The molecule has 2 aliphatic rings. The summed E-state index contributed by atoms with van der Waals surface area (Å²) in [7, 11) is 0. The molecule has 0 amide bonds. The SMILES string of the molecule is c1cnc2[nH]cc(C3CCN(c4cc(N5CCOCC5)ncn4)CC3)c2c1. The minimum atomic E-state index is 0.569. The number of anilines is 2. The van der Waals surface area contributed by atoms with Crippen LogP contribution in [0.4, 0.5) is 11.6 Å². The lowest BCUT2D eigenvalue weighted by Crippen LogP contribution is -2.37. The zero-order chi connectivity index (χ0) is 18.1. The lowest BCUT2D eigenvalue weighted by molar-refractivity contribution is 0.122. The van der Waals surface area contributed by atoms with Crippen LogP contribution in [0.2, 0.25) is 0 Å². The first-order valence-corrected chi connectivity index (χ1v) is 9.70. The molecule has 0 atom stereocenters. The second-order valence-electron chi connectivity index (χ2n) is 7.24. The van der Waals surface area contributed by atoms with Gasteiger partial charge in [-0.2, -0.15) is 0 Å². The van der Waals surface area contributed by atoms with Crippen LogP contribution in [0.3, 0.4) is 0 Å². The molecule has 0 unspecified atom stereocenters. The smallest absolute Gasteiger partial charge is 0.137 e. The van der Waals surface area contributed by atoms with Crippen LogP contribution in [0.5, 0.6) is 0 Å². The zero-order valence-corrected chi connectivity index (χ0v) is 15.3. The van der Waals surface area contributed by atoms with Gasteiger partial charge in [-0.3, -0.25) is 0 Å². The second-order valence-corrected chi connectivity index (χ2v) is 7.24. The number of aromatic amines is 1. The molecule has 7 nitrogen and oxygen atoms in total. The summed E-state index contributed by atoms with van der Waals surface area (Å²) in [5.41, 5.74) is 2.38. The number of nitrogens with zero attached hydrogens (tertiary/aromatic N) is 5. The van der Waals surface area contributed by atoms with Gasteiger partial charge in [0.2, 0.25) is 0 Å². The molecule has 3 aromatic heterocycles. The van der Waals surface area contributed by atoms with E-state index in [0.717, 1.165) is 69.5 Å². The average molecular weight is 364 g/mol. The molecule has 0 saturated carbocycles. The number of hydrogen-bond donors (Lipinski definition) is 1. The van der Waals surface area contributed by atoms with Gasteiger partial charge in [0.1, 0.15) is 23.6 Å². The van der Waals surface area contributed by atoms with E-state index in [4.69, 9.17) is 4.74 Å². The van der Waals surface area contributed by atoms with E-state index in [1.54, 1.807) is 6.33 Å². The highest BCUT2D eigenvalue weighted by atomic mass is 16.5. The molecule has 0 aliphatic carbocycles. The third kappa shape index (κ3) is 3.23. The highest BCUT2D eigenvalue weighted by Crippen LogP contribution is 2.34. The number of nitrogens with one attached hydrogen (secondary N) is 1. The Balaban J connectivity index is 1.29. The van der Waals surface area contributed by atoms with Crippen LogP contribution in [0.25, 0.3) is 11.0 Å². The molecule has 2 fully saturated rings. The molecule has 7 heteroatoms. The van der Waals surface area contributed by atoms with Crippen LogP contribution in [-0.4, -0.2) is 59.3 Å². The Hall–Kier alpha value is -2.67. The molecule has 5 heterocycles. The number of piperidine rings is 1. The predicted molar refractivity (Wildman–Crippen MR) is 105 cm³/mol. The van der Waals surface area contributed by atoms with Crippen molar-refractivity contribution in [1.29, 1.82) is 0 Å². The number of fused-ring (bicyclic) bond motifs is 1. The lowest BCUT2D eigenvalue weighted by atomic mass is 9.89. The Morgan fingerprint density at radius 2 is 1.70 bits per heavy atom. The largest absolute Gasteiger partial charge is 0.378 e. The molecule has 5 rings (SSSR count). The van der Waals surface area contributed by atoms with E-state index in [-0.39, 0.29) is 0 Å². The summed E-state index contributed by atoms with van der Waals surface area (Å²) in [6.07, 6.45) is 7.92. The van der Waals surface area contributed by atoms with E-state index in [9.17, 15) is 0 Å². The van der Waals surface area contributed by atoms with Gasteiger partial charge in [-0.15, -0.1) is 0 Å². The van der Waals surface area contributed by atoms with E-state index < -0.39 is 0 Å². The topological polar surface area (TPSA) is 70.2 Å². The van der Waals surface area contributed by atoms with E-state index in [2.05, 4.69) is 48.1 Å². The molecular formula is C20H24N6O. The van der Waals surface area contributed by atoms with Crippen LogP contribution in [0, 0.1) is 0 Å². The van der Waals surface area contributed by atoms with Crippen molar-refractivity contribution in [3.8, 4) is 0 Å². The Kier molecular flexibility index (Phi) is 4.37. The summed E-state index contributed by atoms with van der Waals surface area (Å²) in [5.74, 6) is 2.61. The van der Waals surface area contributed by atoms with Crippen LogP contribution in [0.1, 0.15) is 24.3 Å². The van der Waals surface area contributed by atoms with Crippen LogP contribution >= 0.6 is 0 Å². The van der Waals surface area contributed by atoms with Crippen molar-refractivity contribution >= 4 is 22.7 Å². The number of H-pyrrole nitrogens is 1. The number of ether oxygens (including phenoxy) is 1. The fourth-order valence-electron chi connectivity index (χ4n) is 4.21. The van der Waals surface area contributed by atoms with Crippen LogP contribution in [-0.2, 0) is 4.74 Å². The second kappa shape index (κ2) is 7.15. The Morgan fingerprint density at radius 1 is 0.963 bits per heavy atom. The zero-order valence-electron chi connectivity index (χ0n) is 15.3. The van der Waals surface area contributed by atoms with Gasteiger partial charge in [0, 0.05) is 50.0 Å². The van der Waals surface area contributed by atoms with E-state index >= 15 is 0 Å². The van der Waals surface area contributed by atoms with Gasteiger partial charge in [-0.05, 0) is 36.5 Å². The van der Waals surface area contributed by atoms with Gasteiger partial charge in [0.25, 0.3) is 0 Å². The van der Waals surface area contributed by atoms with Crippen molar-refractivity contribution in [1.82, 2.24) is 19.9 Å². The van der Waals surface area contributed by atoms with Crippen molar-refractivity contribution in [3.63, 3.8) is 0 Å². The summed E-state index contributed by atoms with van der Waals surface area (Å²) in [4.78, 5) is 21.4. The Morgan fingerprint density at radius 3 is 2.48 bits per heavy atom. The molecule has 140 valence electrons. The standard InChI is InChI=1S/C20H24N6O/c1-2-16-17(13-22-20(16)21-5-1)15-3-6-25(7-4-15)18-12-19(24-14-23-18)26-8-10-27-11-9-26/h1-2,5,12-15H,3-4,6-11H2,(H,21,22). The Labute approximate surface area is 158 Å². The van der Waals surface area contributed by atoms with Crippen LogP contribution < -0.4 is 9.80 Å². The van der Waals surface area contributed by atoms with Crippen molar-refractivity contribution in [3.05, 3.63) is 42.5 Å². The van der Waals surface area contributed by atoms with Gasteiger partial charge in [-0.25, -0.2) is 15.0 Å². The molecule has 0 aromatic carbocycles. The van der Waals surface area contributed by atoms with Gasteiger partial charge in [-0.1, -0.05) is 0 Å². The van der Waals surface area contributed by atoms with Gasteiger partial charge >= 0.3 is 0 Å². The molecule has 2 saturated heterocycles. The monoisotopic (exact) mass is 364 g/mol. The third-order valence-corrected chi connectivity index (χ3v) is 5.72. The fraction of sp³-hybridized carbons (Fsp3) is 0.450. The Bertz CT molecular complexity index is 911. The molecule has 0 spiro atoms. The average Bonchev–Trinajstić information content (AvgIpc) is 3.19.